The number of alkyl halides is 3. The van der Waals surface area contributed by atoms with Crippen molar-refractivity contribution in [1.82, 2.24) is 0 Å². The highest BCUT2D eigenvalue weighted by Gasteiger charge is 2.12. The molecule has 0 aliphatic rings. The zero-order chi connectivity index (χ0) is 13.0. The van der Waals surface area contributed by atoms with Crippen LogP contribution in [0, 0.1) is 0 Å². The smallest absolute Gasteiger partial charge is 0.387 e. The molecule has 1 N–H and O–H groups in total. The van der Waals surface area contributed by atoms with E-state index >= 15 is 0 Å². The van der Waals surface area contributed by atoms with Gasteiger partial charge in [0.15, 0.2) is 0 Å². The molecule has 0 spiro atoms. The van der Waals surface area contributed by atoms with Gasteiger partial charge in [0.2, 0.25) is 5.91 Å². The fourth-order valence-electron chi connectivity index (χ4n) is 1.01. The molecule has 0 aliphatic carbocycles. The van der Waals surface area contributed by atoms with Gasteiger partial charge in [-0.25, -0.2) is 0 Å². The van der Waals surface area contributed by atoms with Crippen LogP contribution < -0.4 is 10.1 Å². The van der Waals surface area contributed by atoms with Crippen LogP contribution in [-0.2, 0) is 4.79 Å². The van der Waals surface area contributed by atoms with E-state index < -0.39 is 17.9 Å². The van der Waals surface area contributed by atoms with Crippen molar-refractivity contribution in [1.29, 1.82) is 0 Å². The number of carbonyl (C=O) groups excluding carboxylic acids is 1. The summed E-state index contributed by atoms with van der Waals surface area (Å²) in [5.41, 5.74) is 0.356. The minimum absolute atomic E-state index is 0.0228. The average Bonchev–Trinajstić information content (AvgIpc) is 2.21. The lowest BCUT2D eigenvalue weighted by atomic mass is 10.3. The molecule has 17 heavy (non-hydrogen) atoms. The van der Waals surface area contributed by atoms with Crippen molar-refractivity contribution in [2.24, 2.45) is 0 Å². The highest BCUT2D eigenvalue weighted by Crippen LogP contribution is 2.29. The van der Waals surface area contributed by atoms with Crippen LogP contribution in [0.25, 0.3) is 0 Å². The van der Waals surface area contributed by atoms with E-state index in [9.17, 15) is 13.6 Å². The normalized spacial score (nSPS) is 12.4. The molecule has 7 heteroatoms. The van der Waals surface area contributed by atoms with Crippen molar-refractivity contribution in [2.45, 2.75) is 18.9 Å². The van der Waals surface area contributed by atoms with E-state index in [2.05, 4.69) is 10.1 Å². The Hall–Kier alpha value is -1.07. The van der Waals surface area contributed by atoms with E-state index in [4.69, 9.17) is 23.2 Å². The fraction of sp³-hybridized carbons (Fsp3) is 0.300. The molecule has 1 aromatic carbocycles. The van der Waals surface area contributed by atoms with Gasteiger partial charge in [0.1, 0.15) is 11.1 Å². The number of hydrogen-bond donors (Lipinski definition) is 1. The van der Waals surface area contributed by atoms with Crippen LogP contribution in [0.4, 0.5) is 14.5 Å². The minimum atomic E-state index is -2.95. The second-order valence-electron chi connectivity index (χ2n) is 3.13. The van der Waals surface area contributed by atoms with Crippen LogP contribution in [-0.4, -0.2) is 17.9 Å². The summed E-state index contributed by atoms with van der Waals surface area (Å²) in [6.07, 6.45) is 0. The molecule has 0 aliphatic heterocycles. The van der Waals surface area contributed by atoms with Gasteiger partial charge in [0.25, 0.3) is 0 Å². The third-order valence-corrected chi connectivity index (χ3v) is 2.27. The molecule has 0 saturated heterocycles. The van der Waals surface area contributed by atoms with Crippen molar-refractivity contribution in [2.75, 3.05) is 5.32 Å². The lowest BCUT2D eigenvalue weighted by molar-refractivity contribution is -0.115. The van der Waals surface area contributed by atoms with Crippen molar-refractivity contribution >= 4 is 34.8 Å². The highest BCUT2D eigenvalue weighted by atomic mass is 35.5. The zero-order valence-electron chi connectivity index (χ0n) is 8.72. The second-order valence-corrected chi connectivity index (χ2v) is 4.19. The fourth-order valence-corrected chi connectivity index (χ4v) is 1.29. The molecule has 0 radical (unpaired) electrons. The number of hydrogen-bond acceptors (Lipinski definition) is 2. The number of amides is 1. The number of rotatable bonds is 4. The van der Waals surface area contributed by atoms with E-state index in [1.54, 1.807) is 0 Å². The third kappa shape index (κ3) is 4.36. The van der Waals surface area contributed by atoms with Crippen LogP contribution in [0.2, 0.25) is 5.02 Å². The first-order chi connectivity index (χ1) is 7.90. The molecule has 1 aromatic rings. The Morgan fingerprint density at radius 1 is 1.47 bits per heavy atom. The Labute approximate surface area is 107 Å². The minimum Gasteiger partial charge on any atom is -0.433 e. The van der Waals surface area contributed by atoms with Crippen molar-refractivity contribution in [3.05, 3.63) is 23.2 Å². The number of ether oxygens (including phenoxy) is 1. The van der Waals surface area contributed by atoms with Crippen LogP contribution in [0.1, 0.15) is 6.92 Å². The molecule has 1 atom stereocenters. The molecule has 0 aromatic heterocycles. The van der Waals surface area contributed by atoms with E-state index in [1.165, 1.54) is 25.1 Å². The van der Waals surface area contributed by atoms with Crippen LogP contribution in [0.5, 0.6) is 5.75 Å². The summed E-state index contributed by atoms with van der Waals surface area (Å²) >= 11 is 11.2. The summed E-state index contributed by atoms with van der Waals surface area (Å²) in [7, 11) is 0. The van der Waals surface area contributed by atoms with Gasteiger partial charge >= 0.3 is 6.61 Å². The Morgan fingerprint density at radius 3 is 2.59 bits per heavy atom. The summed E-state index contributed by atoms with van der Waals surface area (Å²) in [5, 5.41) is 1.74. The molecule has 0 fully saturated rings. The Morgan fingerprint density at radius 2 is 2.12 bits per heavy atom. The maximum absolute atomic E-state index is 11.9. The van der Waals surface area contributed by atoms with E-state index in [1.807, 2.05) is 0 Å². The van der Waals surface area contributed by atoms with Gasteiger partial charge in [-0.05, 0) is 25.1 Å². The zero-order valence-corrected chi connectivity index (χ0v) is 10.2. The standard InChI is InChI=1S/C10H9Cl2F2NO2/c1-5(11)9(16)15-6-2-3-8(7(12)4-6)17-10(13)14/h2-5,10H,1H3,(H,15,16). The molecule has 94 valence electrons. The number of carbonyl (C=O) groups is 1. The predicted molar refractivity (Wildman–Crippen MR) is 62.0 cm³/mol. The van der Waals surface area contributed by atoms with Crippen LogP contribution >= 0.6 is 23.2 Å². The van der Waals surface area contributed by atoms with Gasteiger partial charge in [-0.3, -0.25) is 4.79 Å². The quantitative estimate of drug-likeness (QED) is 0.859. The number of nitrogens with one attached hydrogen (secondary N) is 1. The molecule has 0 bridgehead atoms. The van der Waals surface area contributed by atoms with Crippen LogP contribution in [0.3, 0.4) is 0 Å². The SMILES string of the molecule is CC(Cl)C(=O)Nc1ccc(OC(F)F)c(Cl)c1. The predicted octanol–water partition coefficient (Wildman–Crippen LogP) is 3.51. The number of benzene rings is 1. The number of halogens is 4. The average molecular weight is 284 g/mol. The van der Waals surface area contributed by atoms with Gasteiger partial charge in [-0.2, -0.15) is 8.78 Å². The van der Waals surface area contributed by atoms with Gasteiger partial charge in [-0.15, -0.1) is 11.6 Å². The van der Waals surface area contributed by atoms with E-state index in [-0.39, 0.29) is 10.8 Å². The topological polar surface area (TPSA) is 38.3 Å². The Bertz CT molecular complexity index is 413. The summed E-state index contributed by atoms with van der Waals surface area (Å²) < 4.78 is 28.0. The summed E-state index contributed by atoms with van der Waals surface area (Å²) in [4.78, 5) is 11.2. The molecule has 1 rings (SSSR count). The first-order valence-electron chi connectivity index (χ1n) is 4.59. The first kappa shape index (κ1) is 14.0. The second kappa shape index (κ2) is 6.02. The Kier molecular flexibility index (Phi) is 4.96. The molecule has 1 unspecified atom stereocenters. The largest absolute Gasteiger partial charge is 0.433 e. The highest BCUT2D eigenvalue weighted by molar-refractivity contribution is 6.33. The van der Waals surface area contributed by atoms with Gasteiger partial charge in [0, 0.05) is 5.69 Å². The summed E-state index contributed by atoms with van der Waals surface area (Å²) in [5.74, 6) is -0.566. The maximum atomic E-state index is 11.9. The van der Waals surface area contributed by atoms with Crippen molar-refractivity contribution in [3.63, 3.8) is 0 Å². The lowest BCUT2D eigenvalue weighted by Crippen LogP contribution is -2.20. The first-order valence-corrected chi connectivity index (χ1v) is 5.41. The molecular weight excluding hydrogens is 275 g/mol. The molecule has 0 saturated carbocycles. The molecular formula is C10H9Cl2F2NO2. The Balaban J connectivity index is 2.78. The monoisotopic (exact) mass is 283 g/mol. The maximum Gasteiger partial charge on any atom is 0.387 e. The summed E-state index contributed by atoms with van der Waals surface area (Å²) in [6.45, 7) is -1.44. The van der Waals surface area contributed by atoms with E-state index in [0.717, 1.165) is 0 Å². The van der Waals surface area contributed by atoms with E-state index in [0.29, 0.717) is 5.69 Å². The lowest BCUT2D eigenvalue weighted by Gasteiger charge is -2.10. The molecule has 1 amide bonds. The third-order valence-electron chi connectivity index (χ3n) is 1.78. The molecule has 0 heterocycles. The van der Waals surface area contributed by atoms with Crippen molar-refractivity contribution < 1.29 is 18.3 Å². The summed E-state index contributed by atoms with van der Waals surface area (Å²) in [6, 6.07) is 3.93. The van der Waals surface area contributed by atoms with Crippen LogP contribution in [0.15, 0.2) is 18.2 Å². The van der Waals surface area contributed by atoms with Gasteiger partial charge in [0.05, 0.1) is 5.02 Å². The van der Waals surface area contributed by atoms with Gasteiger partial charge in [-0.1, -0.05) is 11.6 Å². The van der Waals surface area contributed by atoms with Gasteiger partial charge < -0.3 is 10.1 Å². The number of anilines is 1. The van der Waals surface area contributed by atoms with Crippen molar-refractivity contribution in [3.8, 4) is 5.75 Å². The molecule has 3 nitrogen and oxygen atoms in total.